The van der Waals surface area contributed by atoms with Crippen molar-refractivity contribution in [1.82, 2.24) is 5.32 Å². The number of aliphatic hydroxyl groups excluding tert-OH is 2. The van der Waals surface area contributed by atoms with Gasteiger partial charge in [0.2, 0.25) is 5.91 Å². The first kappa shape index (κ1) is 11.9. The molecule has 0 spiro atoms. The molecule has 0 fully saturated rings. The molecule has 0 radical (unpaired) electrons. The molecule has 13 heavy (non-hydrogen) atoms. The number of hydrogen-bond acceptors (Lipinski definition) is 4. The fourth-order valence-electron chi connectivity index (χ4n) is 0.639. The lowest BCUT2D eigenvalue weighted by atomic mass is 10.2. The molecule has 0 aromatic carbocycles. The second-order valence-electron chi connectivity index (χ2n) is 2.51. The van der Waals surface area contributed by atoms with Gasteiger partial charge in [0.15, 0.2) is 0 Å². The summed E-state index contributed by atoms with van der Waals surface area (Å²) in [6, 6.07) is -1.35. The van der Waals surface area contributed by atoms with Gasteiger partial charge in [-0.2, -0.15) is 0 Å². The van der Waals surface area contributed by atoms with E-state index in [4.69, 9.17) is 15.3 Å². The first-order valence-corrected chi connectivity index (χ1v) is 3.85. The summed E-state index contributed by atoms with van der Waals surface area (Å²) in [5.41, 5.74) is 0. The molecule has 2 atom stereocenters. The normalized spacial score (nSPS) is 14.7. The van der Waals surface area contributed by atoms with E-state index >= 15 is 0 Å². The zero-order valence-corrected chi connectivity index (χ0v) is 7.23. The van der Waals surface area contributed by atoms with Gasteiger partial charge in [0.25, 0.3) is 0 Å². The van der Waals surface area contributed by atoms with Crippen molar-refractivity contribution in [1.29, 1.82) is 0 Å². The van der Waals surface area contributed by atoms with E-state index in [9.17, 15) is 9.59 Å². The fraction of sp³-hybridized carbons (Fsp3) is 0.714. The number of carboxylic acids is 1. The summed E-state index contributed by atoms with van der Waals surface area (Å²) in [6.45, 7) is 0.885. The zero-order chi connectivity index (χ0) is 10.4. The molecule has 0 aromatic heterocycles. The number of aliphatic hydroxyl groups is 2. The molecule has 0 saturated heterocycles. The summed E-state index contributed by atoms with van der Waals surface area (Å²) in [4.78, 5) is 21.2. The smallest absolute Gasteiger partial charge is 0.328 e. The third kappa shape index (κ3) is 3.86. The molecule has 0 aliphatic carbocycles. The Hall–Kier alpha value is -1.14. The first-order valence-electron chi connectivity index (χ1n) is 3.85. The molecular weight excluding hydrogens is 178 g/mol. The molecule has 4 N–H and O–H groups in total. The minimum absolute atomic E-state index is 0.198. The number of aliphatic carboxylic acids is 1. The van der Waals surface area contributed by atoms with Crippen molar-refractivity contribution in [2.75, 3.05) is 6.61 Å². The maximum absolute atomic E-state index is 10.9. The lowest BCUT2D eigenvalue weighted by molar-refractivity contribution is -0.144. The van der Waals surface area contributed by atoms with Gasteiger partial charge in [0.05, 0.1) is 6.61 Å². The van der Waals surface area contributed by atoms with Crippen molar-refractivity contribution >= 4 is 11.9 Å². The lowest BCUT2D eigenvalue weighted by Crippen LogP contribution is -2.47. The largest absolute Gasteiger partial charge is 0.480 e. The molecule has 0 aromatic rings. The Morgan fingerprint density at radius 3 is 2.31 bits per heavy atom. The van der Waals surface area contributed by atoms with Gasteiger partial charge in [-0.15, -0.1) is 0 Å². The molecule has 1 amide bonds. The van der Waals surface area contributed by atoms with Gasteiger partial charge in [0, 0.05) is 0 Å². The standard InChI is InChI=1S/C7H13NO5/c1-2-5(10)6(11)8-4(3-9)7(12)13/h4-5,9-10H,2-3H2,1H3,(H,8,11)(H,12,13)/t4-,5?/m0/s1. The second-order valence-corrected chi connectivity index (χ2v) is 2.51. The van der Waals surface area contributed by atoms with Gasteiger partial charge in [-0.1, -0.05) is 6.92 Å². The van der Waals surface area contributed by atoms with Crippen LogP contribution in [0.4, 0.5) is 0 Å². The number of carbonyl (C=O) groups is 2. The Morgan fingerprint density at radius 1 is 1.46 bits per heavy atom. The molecule has 0 aliphatic heterocycles. The van der Waals surface area contributed by atoms with E-state index in [2.05, 4.69) is 0 Å². The van der Waals surface area contributed by atoms with Crippen LogP contribution in [0.2, 0.25) is 0 Å². The van der Waals surface area contributed by atoms with Crippen LogP contribution in [0.1, 0.15) is 13.3 Å². The molecule has 0 bridgehead atoms. The Bertz CT molecular complexity index is 193. The van der Waals surface area contributed by atoms with Crippen molar-refractivity contribution < 1.29 is 24.9 Å². The van der Waals surface area contributed by atoms with E-state index in [1.54, 1.807) is 6.92 Å². The van der Waals surface area contributed by atoms with E-state index in [-0.39, 0.29) is 6.42 Å². The van der Waals surface area contributed by atoms with Crippen LogP contribution in [0.5, 0.6) is 0 Å². The van der Waals surface area contributed by atoms with Crippen LogP contribution in [0, 0.1) is 0 Å². The average molecular weight is 191 g/mol. The molecule has 1 unspecified atom stereocenters. The van der Waals surface area contributed by atoms with Crippen molar-refractivity contribution in [3.8, 4) is 0 Å². The van der Waals surface area contributed by atoms with Gasteiger partial charge < -0.3 is 20.6 Å². The maximum Gasteiger partial charge on any atom is 0.328 e. The van der Waals surface area contributed by atoms with Crippen molar-refractivity contribution in [3.63, 3.8) is 0 Å². The highest BCUT2D eigenvalue weighted by molar-refractivity contribution is 5.86. The predicted octanol–water partition coefficient (Wildman–Crippen LogP) is -1.68. The van der Waals surface area contributed by atoms with Crippen LogP contribution >= 0.6 is 0 Å². The highest BCUT2D eigenvalue weighted by Gasteiger charge is 2.21. The third-order valence-corrected chi connectivity index (χ3v) is 1.49. The van der Waals surface area contributed by atoms with Gasteiger partial charge in [0.1, 0.15) is 12.1 Å². The molecular formula is C7H13NO5. The molecule has 6 nitrogen and oxygen atoms in total. The van der Waals surface area contributed by atoms with Crippen LogP contribution in [0.15, 0.2) is 0 Å². The van der Waals surface area contributed by atoms with Gasteiger partial charge in [-0.05, 0) is 6.42 Å². The predicted molar refractivity (Wildman–Crippen MR) is 43.0 cm³/mol. The molecule has 0 rings (SSSR count). The molecule has 0 heterocycles. The number of hydrogen-bond donors (Lipinski definition) is 4. The van der Waals surface area contributed by atoms with E-state index in [0.717, 1.165) is 0 Å². The average Bonchev–Trinajstić information content (AvgIpc) is 2.11. The highest BCUT2D eigenvalue weighted by atomic mass is 16.4. The maximum atomic E-state index is 10.9. The van der Waals surface area contributed by atoms with Gasteiger partial charge in [-0.25, -0.2) is 4.79 Å². The third-order valence-electron chi connectivity index (χ3n) is 1.49. The minimum Gasteiger partial charge on any atom is -0.480 e. The summed E-state index contributed by atoms with van der Waals surface area (Å²) < 4.78 is 0. The fourth-order valence-corrected chi connectivity index (χ4v) is 0.639. The second kappa shape index (κ2) is 5.50. The number of carbonyl (C=O) groups excluding carboxylic acids is 1. The summed E-state index contributed by atoms with van der Waals surface area (Å²) >= 11 is 0. The van der Waals surface area contributed by atoms with E-state index in [0.29, 0.717) is 0 Å². The molecule has 0 saturated carbocycles. The quantitative estimate of drug-likeness (QED) is 0.415. The van der Waals surface area contributed by atoms with Gasteiger partial charge in [-0.3, -0.25) is 4.79 Å². The van der Waals surface area contributed by atoms with Crippen molar-refractivity contribution in [3.05, 3.63) is 0 Å². The zero-order valence-electron chi connectivity index (χ0n) is 7.23. The summed E-state index contributed by atoms with van der Waals surface area (Å²) in [5.74, 6) is -2.12. The van der Waals surface area contributed by atoms with Crippen LogP contribution in [-0.2, 0) is 9.59 Å². The Balaban J connectivity index is 4.09. The van der Waals surface area contributed by atoms with Crippen LogP contribution in [0.25, 0.3) is 0 Å². The summed E-state index contributed by atoms with van der Waals surface area (Å²) in [7, 11) is 0. The Morgan fingerprint density at radius 2 is 2.00 bits per heavy atom. The minimum atomic E-state index is -1.35. The van der Waals surface area contributed by atoms with Crippen molar-refractivity contribution in [2.24, 2.45) is 0 Å². The van der Waals surface area contributed by atoms with Crippen LogP contribution in [-0.4, -0.2) is 45.9 Å². The Labute approximate surface area is 75.2 Å². The lowest BCUT2D eigenvalue weighted by Gasteiger charge is -2.13. The highest BCUT2D eigenvalue weighted by Crippen LogP contribution is 1.91. The van der Waals surface area contributed by atoms with Crippen molar-refractivity contribution in [2.45, 2.75) is 25.5 Å². The number of carboxylic acid groups (broad SMARTS) is 1. The molecule has 0 aliphatic rings. The monoisotopic (exact) mass is 191 g/mol. The van der Waals surface area contributed by atoms with E-state index in [1.807, 2.05) is 5.32 Å². The van der Waals surface area contributed by atoms with E-state index in [1.165, 1.54) is 0 Å². The Kier molecular flexibility index (Phi) is 5.01. The summed E-state index contributed by atoms with van der Waals surface area (Å²) in [5, 5.41) is 27.9. The van der Waals surface area contributed by atoms with Gasteiger partial charge >= 0.3 is 5.97 Å². The van der Waals surface area contributed by atoms with Crippen LogP contribution < -0.4 is 5.32 Å². The number of nitrogens with one attached hydrogen (secondary N) is 1. The van der Waals surface area contributed by atoms with E-state index < -0.39 is 30.6 Å². The SMILES string of the molecule is CCC(O)C(=O)N[C@@H](CO)C(=O)O. The first-order chi connectivity index (χ1) is 6.02. The number of amides is 1. The molecule has 76 valence electrons. The van der Waals surface area contributed by atoms with Crippen LogP contribution in [0.3, 0.4) is 0 Å². The number of rotatable bonds is 5. The summed E-state index contributed by atoms with van der Waals surface area (Å²) in [6.07, 6.45) is -1.03. The molecule has 6 heteroatoms. The topological polar surface area (TPSA) is 107 Å².